The summed E-state index contributed by atoms with van der Waals surface area (Å²) in [5, 5.41) is 0.510. The minimum absolute atomic E-state index is 0.162. The van der Waals surface area contributed by atoms with Crippen molar-refractivity contribution in [2.75, 3.05) is 6.61 Å². The molecular weight excluding hydrogens is 222 g/mol. The van der Waals surface area contributed by atoms with Gasteiger partial charge in [0.05, 0.1) is 6.61 Å². The lowest BCUT2D eigenvalue weighted by molar-refractivity contribution is 0.0520. The second kappa shape index (κ2) is 4.65. The number of esters is 1. The number of rotatable bonds is 3. The zero-order valence-corrected chi connectivity index (χ0v) is 9.08. The zero-order valence-electron chi connectivity index (χ0n) is 9.08. The maximum absolute atomic E-state index is 11.4. The van der Waals surface area contributed by atoms with Crippen molar-refractivity contribution in [2.45, 2.75) is 6.92 Å². The van der Waals surface area contributed by atoms with Crippen LogP contribution in [-0.2, 0) is 4.74 Å². The van der Waals surface area contributed by atoms with E-state index >= 15 is 0 Å². The van der Waals surface area contributed by atoms with Gasteiger partial charge in [-0.15, -0.1) is 0 Å². The molecule has 0 aliphatic carbocycles. The Morgan fingerprint density at radius 2 is 2.24 bits per heavy atom. The van der Waals surface area contributed by atoms with Gasteiger partial charge in [0.25, 0.3) is 0 Å². The Kier molecular flexibility index (Phi) is 3.04. The topological polar surface area (TPSA) is 82.0 Å². The molecule has 6 nitrogen and oxygen atoms in total. The van der Waals surface area contributed by atoms with Crippen LogP contribution in [-0.4, -0.2) is 33.8 Å². The van der Waals surface area contributed by atoms with Gasteiger partial charge in [-0.3, -0.25) is 4.79 Å². The summed E-state index contributed by atoms with van der Waals surface area (Å²) in [4.78, 5) is 33.9. The first kappa shape index (κ1) is 11.1. The standard InChI is InChI=1S/C11H9N3O3/c1-2-17-11(16)8-4-3-7-9(5-15)12-6-13-10(7)14-8/h3-6H,2H2,1H3. The van der Waals surface area contributed by atoms with E-state index < -0.39 is 5.97 Å². The summed E-state index contributed by atoms with van der Waals surface area (Å²) in [7, 11) is 0. The Bertz CT molecular complexity index is 583. The summed E-state index contributed by atoms with van der Waals surface area (Å²) in [6, 6.07) is 3.06. The van der Waals surface area contributed by atoms with Crippen LogP contribution in [0.5, 0.6) is 0 Å². The first-order valence-corrected chi connectivity index (χ1v) is 5.00. The molecular formula is C11H9N3O3. The van der Waals surface area contributed by atoms with Gasteiger partial charge in [0.1, 0.15) is 12.0 Å². The third-order valence-electron chi connectivity index (χ3n) is 2.12. The van der Waals surface area contributed by atoms with Crippen LogP contribution in [0, 0.1) is 0 Å². The highest BCUT2D eigenvalue weighted by Crippen LogP contribution is 2.12. The highest BCUT2D eigenvalue weighted by Gasteiger charge is 2.11. The maximum atomic E-state index is 11.4. The molecule has 0 saturated carbocycles. The first-order chi connectivity index (χ1) is 8.26. The first-order valence-electron chi connectivity index (χ1n) is 5.00. The Morgan fingerprint density at radius 3 is 2.94 bits per heavy atom. The molecule has 86 valence electrons. The van der Waals surface area contributed by atoms with Gasteiger partial charge >= 0.3 is 5.97 Å². The third-order valence-corrected chi connectivity index (χ3v) is 2.12. The lowest BCUT2D eigenvalue weighted by Crippen LogP contribution is -2.07. The number of ether oxygens (including phenoxy) is 1. The normalized spacial score (nSPS) is 10.2. The van der Waals surface area contributed by atoms with Crippen LogP contribution in [0.4, 0.5) is 0 Å². The van der Waals surface area contributed by atoms with Crippen LogP contribution >= 0.6 is 0 Å². The summed E-state index contributed by atoms with van der Waals surface area (Å²) in [6.07, 6.45) is 1.85. The molecule has 2 heterocycles. The summed E-state index contributed by atoms with van der Waals surface area (Å²) >= 11 is 0. The van der Waals surface area contributed by atoms with E-state index in [1.165, 1.54) is 12.4 Å². The Hall–Kier alpha value is -2.37. The summed E-state index contributed by atoms with van der Waals surface area (Å²) in [6.45, 7) is 1.99. The molecule has 2 aromatic heterocycles. The molecule has 0 aromatic carbocycles. The van der Waals surface area contributed by atoms with Crippen molar-refractivity contribution in [3.8, 4) is 0 Å². The van der Waals surface area contributed by atoms with E-state index in [4.69, 9.17) is 4.74 Å². The molecule has 0 radical (unpaired) electrons. The zero-order chi connectivity index (χ0) is 12.3. The molecule has 0 spiro atoms. The molecule has 0 aliphatic heterocycles. The minimum Gasteiger partial charge on any atom is -0.461 e. The number of aldehydes is 1. The second-order valence-electron chi connectivity index (χ2n) is 3.16. The Labute approximate surface area is 96.7 Å². The monoisotopic (exact) mass is 231 g/mol. The number of aromatic nitrogens is 3. The second-order valence-corrected chi connectivity index (χ2v) is 3.16. The van der Waals surface area contributed by atoms with E-state index in [0.717, 1.165) is 0 Å². The number of carbonyl (C=O) groups excluding carboxylic acids is 2. The minimum atomic E-state index is -0.513. The molecule has 0 fully saturated rings. The van der Waals surface area contributed by atoms with Crippen LogP contribution in [0.1, 0.15) is 27.9 Å². The van der Waals surface area contributed by atoms with E-state index in [1.54, 1.807) is 13.0 Å². The molecule has 6 heteroatoms. The summed E-state index contributed by atoms with van der Waals surface area (Å²) in [5.41, 5.74) is 0.709. The fraction of sp³-hybridized carbons (Fsp3) is 0.182. The van der Waals surface area contributed by atoms with Crippen molar-refractivity contribution in [2.24, 2.45) is 0 Å². The van der Waals surface area contributed by atoms with E-state index in [-0.39, 0.29) is 18.0 Å². The molecule has 0 atom stereocenters. The van der Waals surface area contributed by atoms with Gasteiger partial charge in [-0.25, -0.2) is 19.7 Å². The molecule has 2 rings (SSSR count). The highest BCUT2D eigenvalue weighted by atomic mass is 16.5. The van der Waals surface area contributed by atoms with Crippen molar-refractivity contribution in [1.29, 1.82) is 0 Å². The average molecular weight is 231 g/mol. The Morgan fingerprint density at radius 1 is 1.41 bits per heavy atom. The molecule has 0 bridgehead atoms. The predicted molar refractivity (Wildman–Crippen MR) is 58.7 cm³/mol. The van der Waals surface area contributed by atoms with E-state index in [1.807, 2.05) is 0 Å². The lowest BCUT2D eigenvalue weighted by Gasteiger charge is -2.02. The van der Waals surface area contributed by atoms with Crippen LogP contribution in [0.15, 0.2) is 18.5 Å². The van der Waals surface area contributed by atoms with Gasteiger partial charge in [0, 0.05) is 5.39 Å². The fourth-order valence-corrected chi connectivity index (χ4v) is 1.37. The van der Waals surface area contributed by atoms with Crippen LogP contribution in [0.25, 0.3) is 11.0 Å². The molecule has 0 saturated heterocycles. The van der Waals surface area contributed by atoms with E-state index in [0.29, 0.717) is 17.3 Å². The van der Waals surface area contributed by atoms with Crippen molar-refractivity contribution < 1.29 is 14.3 Å². The van der Waals surface area contributed by atoms with Crippen LogP contribution in [0.3, 0.4) is 0 Å². The predicted octanol–water partition coefficient (Wildman–Crippen LogP) is 1.01. The van der Waals surface area contributed by atoms with Crippen molar-refractivity contribution in [3.05, 3.63) is 29.8 Å². The van der Waals surface area contributed by atoms with Gasteiger partial charge in [-0.2, -0.15) is 0 Å². The number of hydrogen-bond donors (Lipinski definition) is 0. The molecule has 17 heavy (non-hydrogen) atoms. The van der Waals surface area contributed by atoms with Gasteiger partial charge in [-0.05, 0) is 19.1 Å². The van der Waals surface area contributed by atoms with E-state index in [9.17, 15) is 9.59 Å². The van der Waals surface area contributed by atoms with Crippen molar-refractivity contribution >= 4 is 23.3 Å². The van der Waals surface area contributed by atoms with Gasteiger partial charge in [0.2, 0.25) is 0 Å². The molecule has 0 amide bonds. The largest absolute Gasteiger partial charge is 0.461 e. The van der Waals surface area contributed by atoms with Crippen molar-refractivity contribution in [1.82, 2.24) is 15.0 Å². The molecule has 0 N–H and O–H groups in total. The third kappa shape index (κ3) is 2.10. The molecule has 2 aromatic rings. The number of hydrogen-bond acceptors (Lipinski definition) is 6. The lowest BCUT2D eigenvalue weighted by atomic mass is 10.2. The average Bonchev–Trinajstić information content (AvgIpc) is 2.37. The van der Waals surface area contributed by atoms with Gasteiger partial charge in [-0.1, -0.05) is 0 Å². The van der Waals surface area contributed by atoms with Gasteiger partial charge in [0.15, 0.2) is 17.6 Å². The van der Waals surface area contributed by atoms with Crippen LogP contribution in [0.2, 0.25) is 0 Å². The highest BCUT2D eigenvalue weighted by molar-refractivity contribution is 5.95. The number of pyridine rings is 1. The maximum Gasteiger partial charge on any atom is 0.357 e. The van der Waals surface area contributed by atoms with Gasteiger partial charge < -0.3 is 4.74 Å². The smallest absolute Gasteiger partial charge is 0.357 e. The van der Waals surface area contributed by atoms with Crippen molar-refractivity contribution in [3.63, 3.8) is 0 Å². The van der Waals surface area contributed by atoms with E-state index in [2.05, 4.69) is 15.0 Å². The van der Waals surface area contributed by atoms with Crippen LogP contribution < -0.4 is 0 Å². The summed E-state index contributed by atoms with van der Waals surface area (Å²) < 4.78 is 4.82. The summed E-state index contributed by atoms with van der Waals surface area (Å²) in [5.74, 6) is -0.513. The number of carbonyl (C=O) groups is 2. The quantitative estimate of drug-likeness (QED) is 0.579. The number of nitrogens with zero attached hydrogens (tertiary/aromatic N) is 3. The molecule has 0 unspecified atom stereocenters. The molecule has 0 aliphatic rings. The SMILES string of the molecule is CCOC(=O)c1ccc2c(C=O)ncnc2n1. The fourth-order valence-electron chi connectivity index (χ4n) is 1.37. The number of fused-ring (bicyclic) bond motifs is 1. The Balaban J connectivity index is 2.51.